The second-order valence-corrected chi connectivity index (χ2v) is 7.71. The molecule has 1 aliphatic rings. The normalized spacial score (nSPS) is 16.9. The van der Waals surface area contributed by atoms with Gasteiger partial charge < -0.3 is 15.5 Å². The Morgan fingerprint density at radius 1 is 1.07 bits per heavy atom. The van der Waals surface area contributed by atoms with Gasteiger partial charge in [-0.2, -0.15) is 0 Å². The molecular weight excluding hydrogens is 354 g/mol. The van der Waals surface area contributed by atoms with Crippen LogP contribution in [0.25, 0.3) is 0 Å². The van der Waals surface area contributed by atoms with E-state index in [1.165, 1.54) is 0 Å². The molecule has 0 saturated carbocycles. The van der Waals surface area contributed by atoms with Crippen LogP contribution < -0.4 is 10.6 Å². The second-order valence-electron chi connectivity index (χ2n) is 7.71. The number of amides is 3. The molecule has 0 spiro atoms. The summed E-state index contributed by atoms with van der Waals surface area (Å²) in [7, 11) is 0. The average molecular weight is 388 g/mol. The van der Waals surface area contributed by atoms with Crippen LogP contribution in [0.4, 0.5) is 0 Å². The molecule has 1 fully saturated rings. The minimum absolute atomic E-state index is 0.0133. The van der Waals surface area contributed by atoms with E-state index in [1.807, 2.05) is 44.7 Å². The molecule has 0 unspecified atom stereocenters. The number of nitrogens with zero attached hydrogens (tertiary/aromatic N) is 1. The largest absolute Gasteiger partial charge is 0.352 e. The van der Waals surface area contributed by atoms with E-state index < -0.39 is 6.04 Å². The molecule has 2 atom stereocenters. The number of hydrogen-bond donors (Lipinski definition) is 2. The molecule has 1 aromatic carbocycles. The summed E-state index contributed by atoms with van der Waals surface area (Å²) in [6.45, 7) is 9.06. The summed E-state index contributed by atoms with van der Waals surface area (Å²) in [5.74, 6) is -0.228. The maximum absolute atomic E-state index is 12.9. The fraction of sp³-hybridized carbons (Fsp3) is 0.591. The van der Waals surface area contributed by atoms with Crippen molar-refractivity contribution in [2.75, 3.05) is 13.1 Å². The molecule has 0 radical (unpaired) electrons. The van der Waals surface area contributed by atoms with Crippen LogP contribution in [-0.4, -0.2) is 47.8 Å². The number of likely N-dealkylation sites (tertiary alicyclic amines) is 1. The van der Waals surface area contributed by atoms with Gasteiger partial charge in [0.25, 0.3) is 5.91 Å². The third-order valence-electron chi connectivity index (χ3n) is 5.55. The molecule has 2 N–H and O–H groups in total. The van der Waals surface area contributed by atoms with Gasteiger partial charge in [0.05, 0.1) is 0 Å². The number of carbonyl (C=O) groups is 3. The van der Waals surface area contributed by atoms with Crippen LogP contribution in [0.15, 0.2) is 24.3 Å². The van der Waals surface area contributed by atoms with Crippen LogP contribution in [-0.2, 0) is 9.59 Å². The first-order chi connectivity index (χ1) is 13.3. The molecule has 6 nitrogen and oxygen atoms in total. The highest BCUT2D eigenvalue weighted by atomic mass is 16.2. The van der Waals surface area contributed by atoms with E-state index in [9.17, 15) is 14.4 Å². The fourth-order valence-electron chi connectivity index (χ4n) is 3.47. The summed E-state index contributed by atoms with van der Waals surface area (Å²) in [5.41, 5.74) is 1.63. The summed E-state index contributed by atoms with van der Waals surface area (Å²) in [4.78, 5) is 39.4. The Balaban J connectivity index is 2.11. The lowest BCUT2D eigenvalue weighted by Crippen LogP contribution is -2.55. The number of piperidine rings is 1. The van der Waals surface area contributed by atoms with Crippen LogP contribution in [0.1, 0.15) is 62.4 Å². The first-order valence-electron chi connectivity index (χ1n) is 10.3. The molecule has 154 valence electrons. The summed E-state index contributed by atoms with van der Waals surface area (Å²) in [6.07, 6.45) is 2.73. The standard InChI is InChI=1S/C22H33N3O3/c1-5-16(4)23-22(28)20(17-11-13-25(14-12-17)19(26)6-2)24-21(27)18-9-7-15(3)8-10-18/h7-10,16-17,20H,5-6,11-14H2,1-4H3,(H,23,28)(H,24,27)/t16-,20+/m0/s1. The van der Waals surface area contributed by atoms with Crippen molar-refractivity contribution in [1.82, 2.24) is 15.5 Å². The van der Waals surface area contributed by atoms with E-state index in [2.05, 4.69) is 10.6 Å². The van der Waals surface area contributed by atoms with Crippen molar-refractivity contribution in [3.8, 4) is 0 Å². The van der Waals surface area contributed by atoms with Gasteiger partial charge in [-0.1, -0.05) is 31.5 Å². The summed E-state index contributed by atoms with van der Waals surface area (Å²) >= 11 is 0. The second kappa shape index (κ2) is 10.2. The molecule has 1 aromatic rings. The minimum atomic E-state index is -0.596. The van der Waals surface area contributed by atoms with E-state index in [1.54, 1.807) is 12.1 Å². The predicted molar refractivity (Wildman–Crippen MR) is 110 cm³/mol. The minimum Gasteiger partial charge on any atom is -0.352 e. The smallest absolute Gasteiger partial charge is 0.251 e. The Hall–Kier alpha value is -2.37. The average Bonchev–Trinajstić information content (AvgIpc) is 2.71. The van der Waals surface area contributed by atoms with Crippen molar-refractivity contribution < 1.29 is 14.4 Å². The van der Waals surface area contributed by atoms with Gasteiger partial charge in [0.2, 0.25) is 11.8 Å². The molecule has 1 heterocycles. The van der Waals surface area contributed by atoms with E-state index in [0.717, 1.165) is 12.0 Å². The Morgan fingerprint density at radius 3 is 2.21 bits per heavy atom. The zero-order valence-corrected chi connectivity index (χ0v) is 17.5. The van der Waals surface area contributed by atoms with E-state index in [0.29, 0.717) is 37.9 Å². The number of rotatable bonds is 7. The molecule has 2 rings (SSSR count). The van der Waals surface area contributed by atoms with E-state index >= 15 is 0 Å². The monoisotopic (exact) mass is 387 g/mol. The number of carbonyl (C=O) groups excluding carboxylic acids is 3. The van der Waals surface area contributed by atoms with E-state index in [-0.39, 0.29) is 29.7 Å². The highest BCUT2D eigenvalue weighted by Crippen LogP contribution is 2.22. The van der Waals surface area contributed by atoms with Crippen LogP contribution >= 0.6 is 0 Å². The van der Waals surface area contributed by atoms with Crippen molar-refractivity contribution in [2.24, 2.45) is 5.92 Å². The highest BCUT2D eigenvalue weighted by molar-refractivity contribution is 5.97. The topological polar surface area (TPSA) is 78.5 Å². The lowest BCUT2D eigenvalue weighted by atomic mass is 9.88. The summed E-state index contributed by atoms with van der Waals surface area (Å²) in [5, 5.41) is 5.96. The SMILES string of the molecule is CCC(=O)N1CCC([C@@H](NC(=O)c2ccc(C)cc2)C(=O)N[C@@H](C)CC)CC1. The summed E-state index contributed by atoms with van der Waals surface area (Å²) < 4.78 is 0. The maximum atomic E-state index is 12.9. The molecule has 3 amide bonds. The van der Waals surface area contributed by atoms with Crippen LogP contribution in [0.2, 0.25) is 0 Å². The van der Waals surface area contributed by atoms with Gasteiger partial charge in [-0.25, -0.2) is 0 Å². The maximum Gasteiger partial charge on any atom is 0.251 e. The van der Waals surface area contributed by atoms with Crippen molar-refractivity contribution in [1.29, 1.82) is 0 Å². The Morgan fingerprint density at radius 2 is 1.68 bits per heavy atom. The number of nitrogens with one attached hydrogen (secondary N) is 2. The molecular formula is C22H33N3O3. The molecule has 1 saturated heterocycles. The molecule has 0 aliphatic carbocycles. The van der Waals surface area contributed by atoms with E-state index in [4.69, 9.17) is 0 Å². The lowest BCUT2D eigenvalue weighted by molar-refractivity contribution is -0.132. The molecule has 0 aromatic heterocycles. The Labute approximate surface area is 168 Å². The van der Waals surface area contributed by atoms with Crippen molar-refractivity contribution in [2.45, 2.75) is 65.5 Å². The Kier molecular flexibility index (Phi) is 8.03. The predicted octanol–water partition coefficient (Wildman–Crippen LogP) is 2.66. The van der Waals surface area contributed by atoms with Crippen molar-refractivity contribution in [3.05, 3.63) is 35.4 Å². The zero-order chi connectivity index (χ0) is 20.7. The molecule has 6 heteroatoms. The third kappa shape index (κ3) is 5.81. The fourth-order valence-corrected chi connectivity index (χ4v) is 3.47. The lowest BCUT2D eigenvalue weighted by Gasteiger charge is -2.36. The van der Waals surface area contributed by atoms with Crippen molar-refractivity contribution in [3.63, 3.8) is 0 Å². The van der Waals surface area contributed by atoms with Gasteiger partial charge in [0, 0.05) is 31.1 Å². The molecule has 0 bridgehead atoms. The van der Waals surface area contributed by atoms with Crippen LogP contribution in [0.5, 0.6) is 0 Å². The number of aryl methyl sites for hydroxylation is 1. The third-order valence-corrected chi connectivity index (χ3v) is 5.55. The van der Waals surface area contributed by atoms with Gasteiger partial charge in [0.1, 0.15) is 6.04 Å². The van der Waals surface area contributed by atoms with Gasteiger partial charge >= 0.3 is 0 Å². The zero-order valence-electron chi connectivity index (χ0n) is 17.5. The molecule has 1 aliphatic heterocycles. The quantitative estimate of drug-likeness (QED) is 0.755. The van der Waals surface area contributed by atoms with Gasteiger partial charge in [0.15, 0.2) is 0 Å². The van der Waals surface area contributed by atoms with Gasteiger partial charge in [-0.05, 0) is 51.2 Å². The summed E-state index contributed by atoms with van der Waals surface area (Å²) in [6, 6.07) is 6.78. The first-order valence-corrected chi connectivity index (χ1v) is 10.3. The van der Waals surface area contributed by atoms with Crippen LogP contribution in [0, 0.1) is 12.8 Å². The van der Waals surface area contributed by atoms with Crippen molar-refractivity contribution >= 4 is 17.7 Å². The van der Waals surface area contributed by atoms with Gasteiger partial charge in [-0.15, -0.1) is 0 Å². The van der Waals surface area contributed by atoms with Gasteiger partial charge in [-0.3, -0.25) is 14.4 Å². The van der Waals surface area contributed by atoms with Crippen LogP contribution in [0.3, 0.4) is 0 Å². The highest BCUT2D eigenvalue weighted by Gasteiger charge is 2.34. The number of benzene rings is 1. The first kappa shape index (κ1) is 21.9. The molecule has 28 heavy (non-hydrogen) atoms. The number of hydrogen-bond acceptors (Lipinski definition) is 3. The Bertz CT molecular complexity index is 679.